The largest absolute Gasteiger partial charge is 0.350 e. The first kappa shape index (κ1) is 25.8. The van der Waals surface area contributed by atoms with E-state index in [1.165, 1.54) is 12.1 Å². The lowest BCUT2D eigenvalue weighted by atomic mass is 10.0. The van der Waals surface area contributed by atoms with Crippen LogP contribution in [0.1, 0.15) is 27.8 Å². The average Bonchev–Trinajstić information content (AvgIpc) is 2.92. The predicted molar refractivity (Wildman–Crippen MR) is 144 cm³/mol. The summed E-state index contributed by atoms with van der Waals surface area (Å²) in [4.78, 5) is 29.0. The van der Waals surface area contributed by atoms with Gasteiger partial charge in [0, 0.05) is 19.5 Å². The predicted octanol–water partition coefficient (Wildman–Crippen LogP) is 5.63. The van der Waals surface area contributed by atoms with Crippen molar-refractivity contribution in [2.45, 2.75) is 38.9 Å². The van der Waals surface area contributed by atoms with Gasteiger partial charge in [-0.15, -0.1) is 0 Å². The van der Waals surface area contributed by atoms with Crippen molar-refractivity contribution in [3.05, 3.63) is 143 Å². The standard InChI is InChI=1S/C32H31FN2O2/c1-24-12-14-27(15-13-24)22-34-32(37)30(20-25-8-4-2-5-9-25)35(23-28-16-18-29(33)19-17-28)31(36)21-26-10-6-3-7-11-26/h2-19,30H,20-23H2,1H3,(H,34,37). The highest BCUT2D eigenvalue weighted by Gasteiger charge is 2.30. The van der Waals surface area contributed by atoms with E-state index in [4.69, 9.17) is 0 Å². The van der Waals surface area contributed by atoms with Gasteiger partial charge in [-0.2, -0.15) is 0 Å². The van der Waals surface area contributed by atoms with E-state index in [2.05, 4.69) is 5.32 Å². The number of nitrogens with one attached hydrogen (secondary N) is 1. The summed E-state index contributed by atoms with van der Waals surface area (Å²) in [5, 5.41) is 3.04. The van der Waals surface area contributed by atoms with Gasteiger partial charge in [0.05, 0.1) is 6.42 Å². The third-order valence-corrected chi connectivity index (χ3v) is 6.32. The first-order valence-corrected chi connectivity index (χ1v) is 12.4. The number of nitrogens with zero attached hydrogens (tertiary/aromatic N) is 1. The van der Waals surface area contributed by atoms with Crippen LogP contribution >= 0.6 is 0 Å². The average molecular weight is 495 g/mol. The normalized spacial score (nSPS) is 11.5. The highest BCUT2D eigenvalue weighted by atomic mass is 19.1. The molecular formula is C32H31FN2O2. The number of halogens is 1. The van der Waals surface area contributed by atoms with Crippen LogP contribution in [-0.2, 0) is 35.5 Å². The van der Waals surface area contributed by atoms with Gasteiger partial charge in [-0.1, -0.05) is 103 Å². The minimum atomic E-state index is -0.742. The molecule has 5 heteroatoms. The minimum absolute atomic E-state index is 0.165. The molecule has 0 aliphatic heterocycles. The van der Waals surface area contributed by atoms with E-state index in [-0.39, 0.29) is 30.6 Å². The first-order valence-electron chi connectivity index (χ1n) is 12.4. The van der Waals surface area contributed by atoms with Crippen molar-refractivity contribution in [1.82, 2.24) is 10.2 Å². The van der Waals surface area contributed by atoms with Crippen molar-refractivity contribution < 1.29 is 14.0 Å². The molecule has 4 rings (SSSR count). The summed E-state index contributed by atoms with van der Waals surface area (Å²) >= 11 is 0. The van der Waals surface area contributed by atoms with E-state index < -0.39 is 6.04 Å². The number of rotatable bonds is 10. The quantitative estimate of drug-likeness (QED) is 0.311. The smallest absolute Gasteiger partial charge is 0.243 e. The van der Waals surface area contributed by atoms with Crippen molar-refractivity contribution in [2.24, 2.45) is 0 Å². The van der Waals surface area contributed by atoms with Crippen LogP contribution < -0.4 is 5.32 Å². The number of benzene rings is 4. The molecule has 0 bridgehead atoms. The Balaban J connectivity index is 1.63. The van der Waals surface area contributed by atoms with Crippen molar-refractivity contribution in [2.75, 3.05) is 0 Å². The fourth-order valence-electron chi connectivity index (χ4n) is 4.23. The molecule has 0 saturated heterocycles. The Morgan fingerprint density at radius 3 is 1.92 bits per heavy atom. The summed E-state index contributed by atoms with van der Waals surface area (Å²) in [6, 6.07) is 32.5. The molecule has 1 N–H and O–H groups in total. The fraction of sp³-hybridized carbons (Fsp3) is 0.188. The van der Waals surface area contributed by atoms with Crippen LogP contribution in [0.25, 0.3) is 0 Å². The number of amides is 2. The van der Waals surface area contributed by atoms with Crippen LogP contribution in [0.4, 0.5) is 4.39 Å². The number of carbonyl (C=O) groups excluding carboxylic acids is 2. The Labute approximate surface area is 217 Å². The van der Waals surface area contributed by atoms with Crippen LogP contribution in [0.3, 0.4) is 0 Å². The molecule has 4 nitrogen and oxygen atoms in total. The van der Waals surface area contributed by atoms with E-state index in [0.29, 0.717) is 13.0 Å². The van der Waals surface area contributed by atoms with Gasteiger partial charge >= 0.3 is 0 Å². The molecule has 0 fully saturated rings. The Kier molecular flexibility index (Phi) is 8.82. The molecule has 0 aliphatic carbocycles. The van der Waals surface area contributed by atoms with Gasteiger partial charge in [-0.05, 0) is 41.3 Å². The Bertz CT molecular complexity index is 1290. The van der Waals surface area contributed by atoms with E-state index >= 15 is 0 Å². The minimum Gasteiger partial charge on any atom is -0.350 e. The number of carbonyl (C=O) groups is 2. The first-order chi connectivity index (χ1) is 18.0. The van der Waals surface area contributed by atoms with Gasteiger partial charge in [0.25, 0.3) is 0 Å². The SMILES string of the molecule is Cc1ccc(CNC(=O)C(Cc2ccccc2)N(Cc2ccc(F)cc2)C(=O)Cc2ccccc2)cc1. The molecule has 2 amide bonds. The molecule has 188 valence electrons. The molecule has 0 radical (unpaired) electrons. The summed E-state index contributed by atoms with van der Waals surface area (Å²) < 4.78 is 13.6. The molecular weight excluding hydrogens is 463 g/mol. The van der Waals surface area contributed by atoms with Crippen LogP contribution in [0.5, 0.6) is 0 Å². The summed E-state index contributed by atoms with van der Waals surface area (Å²) in [7, 11) is 0. The van der Waals surface area contributed by atoms with Crippen LogP contribution in [0, 0.1) is 12.7 Å². The molecule has 0 heterocycles. The Morgan fingerprint density at radius 1 is 0.730 bits per heavy atom. The molecule has 0 saturated carbocycles. The third kappa shape index (κ3) is 7.61. The van der Waals surface area contributed by atoms with E-state index in [0.717, 1.165) is 27.8 Å². The second-order valence-corrected chi connectivity index (χ2v) is 9.22. The molecule has 4 aromatic carbocycles. The van der Waals surface area contributed by atoms with Gasteiger partial charge in [0.15, 0.2) is 0 Å². The van der Waals surface area contributed by atoms with E-state index in [1.54, 1.807) is 17.0 Å². The topological polar surface area (TPSA) is 49.4 Å². The van der Waals surface area contributed by atoms with Crippen LogP contribution in [-0.4, -0.2) is 22.8 Å². The maximum Gasteiger partial charge on any atom is 0.243 e. The van der Waals surface area contributed by atoms with Crippen molar-refractivity contribution in [1.29, 1.82) is 0 Å². The Morgan fingerprint density at radius 2 is 1.30 bits per heavy atom. The van der Waals surface area contributed by atoms with Crippen LogP contribution in [0.15, 0.2) is 109 Å². The van der Waals surface area contributed by atoms with Crippen molar-refractivity contribution >= 4 is 11.8 Å². The molecule has 1 atom stereocenters. The number of hydrogen-bond acceptors (Lipinski definition) is 2. The van der Waals surface area contributed by atoms with Gasteiger partial charge in [0.1, 0.15) is 11.9 Å². The molecule has 1 unspecified atom stereocenters. The van der Waals surface area contributed by atoms with E-state index in [1.807, 2.05) is 91.9 Å². The Hall–Kier alpha value is -4.25. The lowest BCUT2D eigenvalue weighted by Crippen LogP contribution is -2.50. The van der Waals surface area contributed by atoms with Crippen molar-refractivity contribution in [3.8, 4) is 0 Å². The maximum atomic E-state index is 13.7. The zero-order valence-electron chi connectivity index (χ0n) is 20.9. The molecule has 0 spiro atoms. The molecule has 37 heavy (non-hydrogen) atoms. The zero-order chi connectivity index (χ0) is 26.0. The summed E-state index contributed by atoms with van der Waals surface area (Å²) in [5.74, 6) is -0.738. The van der Waals surface area contributed by atoms with Gasteiger partial charge in [0.2, 0.25) is 11.8 Å². The lowest BCUT2D eigenvalue weighted by molar-refractivity contribution is -0.140. The van der Waals surface area contributed by atoms with Gasteiger partial charge < -0.3 is 10.2 Å². The van der Waals surface area contributed by atoms with Gasteiger partial charge in [-0.25, -0.2) is 4.39 Å². The van der Waals surface area contributed by atoms with Crippen molar-refractivity contribution in [3.63, 3.8) is 0 Å². The molecule has 0 aromatic heterocycles. The van der Waals surface area contributed by atoms with Gasteiger partial charge in [-0.3, -0.25) is 9.59 Å². The monoisotopic (exact) mass is 494 g/mol. The zero-order valence-corrected chi connectivity index (χ0v) is 20.9. The van der Waals surface area contributed by atoms with E-state index in [9.17, 15) is 14.0 Å². The summed E-state index contributed by atoms with van der Waals surface area (Å²) in [6.07, 6.45) is 0.529. The third-order valence-electron chi connectivity index (χ3n) is 6.32. The highest BCUT2D eigenvalue weighted by molar-refractivity contribution is 5.88. The number of aryl methyl sites for hydroxylation is 1. The van der Waals surface area contributed by atoms with Crippen LogP contribution in [0.2, 0.25) is 0 Å². The number of hydrogen-bond donors (Lipinski definition) is 1. The summed E-state index contributed by atoms with van der Waals surface area (Å²) in [6.45, 7) is 2.58. The molecule has 0 aliphatic rings. The second-order valence-electron chi connectivity index (χ2n) is 9.22. The fourth-order valence-corrected chi connectivity index (χ4v) is 4.23. The lowest BCUT2D eigenvalue weighted by Gasteiger charge is -2.32. The molecule has 4 aromatic rings. The summed E-state index contributed by atoms with van der Waals surface area (Å²) in [5.41, 5.74) is 4.71. The maximum absolute atomic E-state index is 13.7. The highest BCUT2D eigenvalue weighted by Crippen LogP contribution is 2.17. The second kappa shape index (κ2) is 12.6.